The quantitative estimate of drug-likeness (QED) is 0.656. The van der Waals surface area contributed by atoms with Crippen molar-refractivity contribution in [2.45, 2.75) is 32.7 Å². The zero-order chi connectivity index (χ0) is 14.1. The number of imidazole rings is 1. The molecular weight excluding hydrogens is 242 g/mol. The highest BCUT2D eigenvalue weighted by molar-refractivity contribution is 5.08. The van der Waals surface area contributed by atoms with Gasteiger partial charge in [0.05, 0.1) is 19.5 Å². The highest BCUT2D eigenvalue weighted by Gasteiger charge is 2.17. The van der Waals surface area contributed by atoms with Crippen molar-refractivity contribution in [2.24, 2.45) is 11.7 Å². The number of aromatic nitrogens is 2. The maximum atomic E-state index is 5.86. The average molecular weight is 269 g/mol. The second-order valence-electron chi connectivity index (χ2n) is 5.06. The molecule has 0 aliphatic rings. The number of nitrogens with two attached hydrogens (primary N) is 1. The SMILES string of the molecule is COCCOCCCn1cncc1C(CN)C(C)C. The summed E-state index contributed by atoms with van der Waals surface area (Å²) in [6.45, 7) is 8.03. The van der Waals surface area contributed by atoms with Crippen molar-refractivity contribution in [1.29, 1.82) is 0 Å². The standard InChI is InChI=1S/C14H27N3O2/c1-12(2)13(9-15)14-10-16-11-17(14)5-4-6-19-8-7-18-3/h10-13H,4-9,15H2,1-3H3. The molecule has 0 bridgehead atoms. The first kappa shape index (κ1) is 16.1. The summed E-state index contributed by atoms with van der Waals surface area (Å²) in [4.78, 5) is 4.25. The maximum Gasteiger partial charge on any atom is 0.0948 e. The predicted octanol–water partition coefficient (Wildman–Crippen LogP) is 1.63. The van der Waals surface area contributed by atoms with E-state index in [1.165, 1.54) is 5.69 Å². The maximum absolute atomic E-state index is 5.86. The van der Waals surface area contributed by atoms with Crippen LogP contribution >= 0.6 is 0 Å². The van der Waals surface area contributed by atoms with Crippen molar-refractivity contribution in [3.63, 3.8) is 0 Å². The first-order chi connectivity index (χ1) is 9.20. The van der Waals surface area contributed by atoms with E-state index in [1.807, 2.05) is 12.5 Å². The minimum absolute atomic E-state index is 0.372. The van der Waals surface area contributed by atoms with E-state index >= 15 is 0 Å². The highest BCUT2D eigenvalue weighted by Crippen LogP contribution is 2.22. The molecule has 1 atom stereocenters. The molecular formula is C14H27N3O2. The number of nitrogens with zero attached hydrogens (tertiary/aromatic N) is 2. The Labute approximate surface area is 116 Å². The van der Waals surface area contributed by atoms with E-state index < -0.39 is 0 Å². The van der Waals surface area contributed by atoms with Crippen molar-refractivity contribution in [3.8, 4) is 0 Å². The lowest BCUT2D eigenvalue weighted by molar-refractivity contribution is 0.0679. The average Bonchev–Trinajstić information content (AvgIpc) is 2.82. The summed E-state index contributed by atoms with van der Waals surface area (Å²) in [5.41, 5.74) is 7.09. The van der Waals surface area contributed by atoms with Gasteiger partial charge in [0.2, 0.25) is 0 Å². The van der Waals surface area contributed by atoms with Crippen molar-refractivity contribution in [1.82, 2.24) is 9.55 Å². The molecule has 0 radical (unpaired) electrons. The smallest absolute Gasteiger partial charge is 0.0948 e. The zero-order valence-electron chi connectivity index (χ0n) is 12.3. The van der Waals surface area contributed by atoms with Crippen LogP contribution in [-0.2, 0) is 16.0 Å². The molecule has 0 saturated carbocycles. The fourth-order valence-electron chi connectivity index (χ4n) is 2.14. The van der Waals surface area contributed by atoms with E-state index in [-0.39, 0.29) is 0 Å². The number of ether oxygens (including phenoxy) is 2. The highest BCUT2D eigenvalue weighted by atomic mass is 16.5. The fraction of sp³-hybridized carbons (Fsp3) is 0.786. The predicted molar refractivity (Wildman–Crippen MR) is 76.2 cm³/mol. The second kappa shape index (κ2) is 9.07. The largest absolute Gasteiger partial charge is 0.382 e. The summed E-state index contributed by atoms with van der Waals surface area (Å²) in [5.74, 6) is 0.898. The van der Waals surface area contributed by atoms with Gasteiger partial charge in [0.1, 0.15) is 0 Å². The van der Waals surface area contributed by atoms with Gasteiger partial charge in [-0.3, -0.25) is 0 Å². The van der Waals surface area contributed by atoms with Crippen LogP contribution in [0.25, 0.3) is 0 Å². The third-order valence-corrected chi connectivity index (χ3v) is 3.30. The number of aryl methyl sites for hydroxylation is 1. The van der Waals surface area contributed by atoms with Crippen LogP contribution in [0.5, 0.6) is 0 Å². The third-order valence-electron chi connectivity index (χ3n) is 3.30. The van der Waals surface area contributed by atoms with Crippen molar-refractivity contribution in [3.05, 3.63) is 18.2 Å². The van der Waals surface area contributed by atoms with Gasteiger partial charge in [-0.15, -0.1) is 0 Å². The molecule has 0 saturated heterocycles. The molecule has 0 amide bonds. The Hall–Kier alpha value is -0.910. The van der Waals surface area contributed by atoms with E-state index in [0.29, 0.717) is 31.6 Å². The van der Waals surface area contributed by atoms with Crippen molar-refractivity contribution >= 4 is 0 Å². The molecule has 19 heavy (non-hydrogen) atoms. The molecule has 1 rings (SSSR count). The Morgan fingerprint density at radius 2 is 2.11 bits per heavy atom. The zero-order valence-corrected chi connectivity index (χ0v) is 12.3. The minimum atomic E-state index is 0.372. The summed E-state index contributed by atoms with van der Waals surface area (Å²) >= 11 is 0. The van der Waals surface area contributed by atoms with Crippen LogP contribution in [0.3, 0.4) is 0 Å². The molecule has 1 heterocycles. The van der Waals surface area contributed by atoms with E-state index in [9.17, 15) is 0 Å². The lowest BCUT2D eigenvalue weighted by atomic mass is 9.93. The Morgan fingerprint density at radius 3 is 2.74 bits per heavy atom. The Morgan fingerprint density at radius 1 is 1.32 bits per heavy atom. The van der Waals surface area contributed by atoms with E-state index in [1.54, 1.807) is 7.11 Å². The number of methoxy groups -OCH3 is 1. The Bertz CT molecular complexity index is 339. The summed E-state index contributed by atoms with van der Waals surface area (Å²) in [6, 6.07) is 0. The first-order valence-corrected chi connectivity index (χ1v) is 6.97. The molecule has 0 spiro atoms. The van der Waals surface area contributed by atoms with Gasteiger partial charge in [-0.25, -0.2) is 4.98 Å². The van der Waals surface area contributed by atoms with Crippen LogP contribution in [0.15, 0.2) is 12.5 Å². The van der Waals surface area contributed by atoms with E-state index in [0.717, 1.165) is 19.6 Å². The normalized spacial score (nSPS) is 13.1. The molecule has 0 aliphatic carbocycles. The Balaban J connectivity index is 2.40. The molecule has 0 fully saturated rings. The molecule has 5 nitrogen and oxygen atoms in total. The van der Waals surface area contributed by atoms with Crippen LogP contribution in [-0.4, -0.2) is 43.0 Å². The molecule has 0 aliphatic heterocycles. The topological polar surface area (TPSA) is 62.3 Å². The van der Waals surface area contributed by atoms with Gasteiger partial charge in [-0.1, -0.05) is 13.8 Å². The molecule has 1 aromatic heterocycles. The molecule has 5 heteroatoms. The van der Waals surface area contributed by atoms with E-state index in [2.05, 4.69) is 23.4 Å². The number of hydrogen-bond acceptors (Lipinski definition) is 4. The first-order valence-electron chi connectivity index (χ1n) is 6.97. The van der Waals surface area contributed by atoms with Crippen LogP contribution in [0, 0.1) is 5.92 Å². The number of hydrogen-bond donors (Lipinski definition) is 1. The Kier molecular flexibility index (Phi) is 7.70. The minimum Gasteiger partial charge on any atom is -0.382 e. The number of rotatable bonds is 10. The van der Waals surface area contributed by atoms with Crippen LogP contribution < -0.4 is 5.73 Å². The second-order valence-corrected chi connectivity index (χ2v) is 5.06. The van der Waals surface area contributed by atoms with Crippen LogP contribution in [0.2, 0.25) is 0 Å². The summed E-state index contributed by atoms with van der Waals surface area (Å²) in [6.07, 6.45) is 4.79. The summed E-state index contributed by atoms with van der Waals surface area (Å²) in [5, 5.41) is 0. The van der Waals surface area contributed by atoms with Gasteiger partial charge in [-0.05, 0) is 12.3 Å². The lowest BCUT2D eigenvalue weighted by Crippen LogP contribution is -2.21. The molecule has 110 valence electrons. The molecule has 1 aromatic rings. The van der Waals surface area contributed by atoms with Gasteiger partial charge < -0.3 is 19.8 Å². The van der Waals surface area contributed by atoms with Gasteiger partial charge in [-0.2, -0.15) is 0 Å². The summed E-state index contributed by atoms with van der Waals surface area (Å²) < 4.78 is 12.6. The lowest BCUT2D eigenvalue weighted by Gasteiger charge is -2.20. The van der Waals surface area contributed by atoms with Gasteiger partial charge >= 0.3 is 0 Å². The van der Waals surface area contributed by atoms with E-state index in [4.69, 9.17) is 15.2 Å². The fourth-order valence-corrected chi connectivity index (χ4v) is 2.14. The van der Waals surface area contributed by atoms with Crippen molar-refractivity contribution < 1.29 is 9.47 Å². The monoisotopic (exact) mass is 269 g/mol. The van der Waals surface area contributed by atoms with Crippen LogP contribution in [0.1, 0.15) is 31.9 Å². The van der Waals surface area contributed by atoms with Gasteiger partial charge in [0.25, 0.3) is 0 Å². The molecule has 0 aromatic carbocycles. The van der Waals surface area contributed by atoms with Crippen LogP contribution in [0.4, 0.5) is 0 Å². The van der Waals surface area contributed by atoms with Crippen molar-refractivity contribution in [2.75, 3.05) is 33.5 Å². The summed E-state index contributed by atoms with van der Waals surface area (Å²) in [7, 11) is 1.68. The molecule has 1 unspecified atom stereocenters. The third kappa shape index (κ3) is 5.30. The van der Waals surface area contributed by atoms with Gasteiger partial charge in [0.15, 0.2) is 0 Å². The van der Waals surface area contributed by atoms with Gasteiger partial charge in [0, 0.05) is 44.6 Å². The molecule has 2 N–H and O–H groups in total.